The lowest BCUT2D eigenvalue weighted by Gasteiger charge is -2.33. The van der Waals surface area contributed by atoms with Crippen LogP contribution in [0.1, 0.15) is 30.9 Å². The van der Waals surface area contributed by atoms with E-state index in [2.05, 4.69) is 0 Å². The van der Waals surface area contributed by atoms with E-state index in [1.165, 1.54) is 14.2 Å². The molecule has 0 bridgehead atoms. The molecule has 0 fully saturated rings. The van der Waals surface area contributed by atoms with E-state index >= 15 is 0 Å². The second-order valence-corrected chi connectivity index (χ2v) is 8.55. The van der Waals surface area contributed by atoms with Crippen molar-refractivity contribution in [3.05, 3.63) is 52.5 Å². The summed E-state index contributed by atoms with van der Waals surface area (Å²) >= 11 is 6.24. The van der Waals surface area contributed by atoms with E-state index in [-0.39, 0.29) is 11.6 Å². The van der Waals surface area contributed by atoms with Gasteiger partial charge in [-0.2, -0.15) is 39.5 Å². The molecule has 0 saturated carbocycles. The van der Waals surface area contributed by atoms with Crippen LogP contribution in [-0.4, -0.2) is 55.5 Å². The molecule has 16 heteroatoms. The van der Waals surface area contributed by atoms with Crippen LogP contribution < -0.4 is 14.4 Å². The molecule has 0 aromatic heterocycles. The highest BCUT2D eigenvalue weighted by molar-refractivity contribution is 6.32. The topological polar surface area (TPSA) is 79.2 Å². The number of rotatable bonds is 9. The maximum atomic E-state index is 13.2. The Morgan fingerprint density at radius 3 is 1.80 bits per heavy atom. The van der Waals surface area contributed by atoms with Gasteiger partial charge in [0, 0.05) is 24.3 Å². The molecule has 0 saturated heterocycles. The molecule has 0 unspecified atom stereocenters. The molecule has 0 aliphatic heterocycles. The van der Waals surface area contributed by atoms with Crippen molar-refractivity contribution in [1.29, 1.82) is 0 Å². The Morgan fingerprint density at radius 2 is 1.43 bits per heavy atom. The number of aliphatic hydroxyl groups is 1. The van der Waals surface area contributed by atoms with Gasteiger partial charge in [-0.3, -0.25) is 0 Å². The van der Waals surface area contributed by atoms with Gasteiger partial charge in [0.2, 0.25) is 0 Å². The summed E-state index contributed by atoms with van der Waals surface area (Å²) in [4.78, 5) is 10.7. The highest BCUT2D eigenvalue weighted by Crippen LogP contribution is 2.50. The Hall–Kier alpha value is -3.07. The summed E-state index contributed by atoms with van der Waals surface area (Å²) in [6.45, 7) is 2.67. The number of methoxy groups -OCH3 is 2. The maximum Gasteiger partial charge on any atom is 0.490 e. The average molecular weight is 614 g/mol. The predicted molar refractivity (Wildman–Crippen MR) is 127 cm³/mol. The lowest BCUT2D eigenvalue weighted by Crippen LogP contribution is -2.53. The van der Waals surface area contributed by atoms with Crippen molar-refractivity contribution < 1.29 is 64.0 Å². The number of nitrogens with zero attached hydrogens (tertiary/aromatic N) is 1. The predicted octanol–water partition coefficient (Wildman–Crippen LogP) is 7.11. The molecule has 2 aromatic rings. The van der Waals surface area contributed by atoms with Crippen LogP contribution in [0.3, 0.4) is 0 Å². The molecule has 40 heavy (non-hydrogen) atoms. The summed E-state index contributed by atoms with van der Waals surface area (Å²) in [6.07, 6.45) is -15.4. The fraction of sp³-hybridized carbons (Fsp3) is 0.458. The smallest absolute Gasteiger partial charge is 0.490 e. The fourth-order valence-electron chi connectivity index (χ4n) is 3.33. The largest absolute Gasteiger partial charge is 0.493 e. The molecule has 0 atom stereocenters. The number of alkyl halides is 9. The van der Waals surface area contributed by atoms with Gasteiger partial charge in [-0.05, 0) is 36.2 Å². The van der Waals surface area contributed by atoms with E-state index in [0.29, 0.717) is 41.4 Å². The number of anilines is 1. The van der Waals surface area contributed by atoms with Crippen LogP contribution in [-0.2, 0) is 16.9 Å². The first-order chi connectivity index (χ1) is 18.2. The zero-order chi connectivity index (χ0) is 31.1. The number of benzene rings is 2. The van der Waals surface area contributed by atoms with Gasteiger partial charge in [0.1, 0.15) is 0 Å². The fourth-order valence-corrected chi connectivity index (χ4v) is 3.64. The highest BCUT2D eigenvalue weighted by Gasteiger charge is 2.71. The van der Waals surface area contributed by atoms with Crippen LogP contribution in [0.2, 0.25) is 5.02 Å². The minimum atomic E-state index is -5.94. The lowest BCUT2D eigenvalue weighted by atomic mass is 9.92. The van der Waals surface area contributed by atoms with E-state index in [0.717, 1.165) is 25.0 Å². The minimum absolute atomic E-state index is 0.252. The van der Waals surface area contributed by atoms with E-state index in [1.54, 1.807) is 17.0 Å². The molecule has 0 aliphatic rings. The van der Waals surface area contributed by atoms with Crippen molar-refractivity contribution in [2.45, 2.75) is 50.4 Å². The number of hydrogen-bond donors (Lipinski definition) is 2. The van der Waals surface area contributed by atoms with Crippen molar-refractivity contribution in [3.8, 4) is 11.5 Å². The van der Waals surface area contributed by atoms with Gasteiger partial charge < -0.3 is 24.6 Å². The van der Waals surface area contributed by atoms with Gasteiger partial charge in [-0.1, -0.05) is 37.1 Å². The highest BCUT2D eigenvalue weighted by atomic mass is 35.5. The lowest BCUT2D eigenvalue weighted by molar-refractivity contribution is -0.376. The number of ether oxygens (including phenoxy) is 2. The van der Waals surface area contributed by atoms with Crippen LogP contribution >= 0.6 is 11.6 Å². The summed E-state index contributed by atoms with van der Waals surface area (Å²) in [7, 11) is 2.87. The van der Waals surface area contributed by atoms with Crippen LogP contribution in [0, 0.1) is 0 Å². The molecule has 226 valence electrons. The van der Waals surface area contributed by atoms with Crippen molar-refractivity contribution in [2.75, 3.05) is 25.7 Å². The molecule has 2 aromatic carbocycles. The quantitative estimate of drug-likeness (QED) is 0.294. The van der Waals surface area contributed by atoms with E-state index in [9.17, 15) is 44.6 Å². The van der Waals surface area contributed by atoms with Crippen LogP contribution in [0.4, 0.5) is 45.2 Å². The van der Waals surface area contributed by atoms with Crippen molar-refractivity contribution in [2.24, 2.45) is 0 Å². The number of unbranched alkanes of at least 4 members (excludes halogenated alkanes) is 1. The second-order valence-electron chi connectivity index (χ2n) is 8.14. The Bertz CT molecular complexity index is 1110. The first-order valence-corrected chi connectivity index (χ1v) is 11.5. The summed E-state index contributed by atoms with van der Waals surface area (Å²) in [5, 5.41) is 17.0. The first kappa shape index (κ1) is 35.0. The maximum absolute atomic E-state index is 13.2. The molecule has 0 aliphatic carbocycles. The first-order valence-electron chi connectivity index (χ1n) is 11.2. The zero-order valence-electron chi connectivity index (χ0n) is 21.1. The molecule has 0 amide bonds. The Balaban J connectivity index is 0.00000101. The molecular weight excluding hydrogens is 589 g/mol. The Labute approximate surface area is 227 Å². The number of carbonyl (C=O) groups is 1. The molecular formula is C24H25ClF9NO5. The van der Waals surface area contributed by atoms with Gasteiger partial charge >= 0.3 is 24.5 Å². The van der Waals surface area contributed by atoms with E-state index in [1.807, 2.05) is 6.92 Å². The standard InChI is InChI=1S/C22H24ClF6NO3.C2HF3O2/c1-4-5-10-30(13-14-11-17(23)19(33-3)18(12-14)32-2)16-8-6-15(7-9-16)20(31,21(24,25)26)22(27,28)29;3-2(4,5)1(6)7/h6-9,11-12,31H,4-5,10,13H2,1-3H3;(H,6,7). The molecule has 2 N–H and O–H groups in total. The van der Waals surface area contributed by atoms with E-state index in [4.69, 9.17) is 31.0 Å². The van der Waals surface area contributed by atoms with Crippen molar-refractivity contribution in [3.63, 3.8) is 0 Å². The van der Waals surface area contributed by atoms with Gasteiger partial charge in [0.25, 0.3) is 5.60 Å². The number of halogens is 10. The summed E-state index contributed by atoms with van der Waals surface area (Å²) in [5.74, 6) is -2.04. The number of hydrogen-bond acceptors (Lipinski definition) is 5. The third kappa shape index (κ3) is 8.46. The third-order valence-electron chi connectivity index (χ3n) is 5.36. The third-order valence-corrected chi connectivity index (χ3v) is 5.64. The number of carboxylic acid groups (broad SMARTS) is 1. The van der Waals surface area contributed by atoms with Gasteiger partial charge in [-0.15, -0.1) is 0 Å². The molecule has 6 nitrogen and oxygen atoms in total. The van der Waals surface area contributed by atoms with E-state index < -0.39 is 35.7 Å². The summed E-state index contributed by atoms with van der Waals surface area (Å²) in [6, 6.07) is 6.84. The van der Waals surface area contributed by atoms with Gasteiger partial charge in [-0.25, -0.2) is 4.79 Å². The normalized spacial score (nSPS) is 12.3. The zero-order valence-corrected chi connectivity index (χ0v) is 21.9. The van der Waals surface area contributed by atoms with Crippen LogP contribution in [0.25, 0.3) is 0 Å². The molecule has 0 spiro atoms. The average Bonchev–Trinajstić information content (AvgIpc) is 2.84. The number of carboxylic acids is 1. The second kappa shape index (κ2) is 13.5. The summed E-state index contributed by atoms with van der Waals surface area (Å²) < 4.78 is 121. The van der Waals surface area contributed by atoms with Crippen LogP contribution in [0.5, 0.6) is 11.5 Å². The van der Waals surface area contributed by atoms with Crippen molar-refractivity contribution in [1.82, 2.24) is 0 Å². The SMILES string of the molecule is CCCCN(Cc1cc(Cl)c(OC)c(OC)c1)c1ccc(C(O)(C(F)(F)F)C(F)(F)F)cc1.O=C(O)C(F)(F)F. The summed E-state index contributed by atoms with van der Waals surface area (Å²) in [5.41, 5.74) is -5.20. The van der Waals surface area contributed by atoms with Gasteiger partial charge in [0.15, 0.2) is 11.5 Å². The molecule has 2 rings (SSSR count). The Kier molecular flexibility index (Phi) is 11.8. The minimum Gasteiger partial charge on any atom is -0.493 e. The molecule has 0 heterocycles. The van der Waals surface area contributed by atoms with Crippen molar-refractivity contribution >= 4 is 23.3 Å². The monoisotopic (exact) mass is 613 g/mol. The number of aliphatic carboxylic acids is 1. The van der Waals surface area contributed by atoms with Gasteiger partial charge in [0.05, 0.1) is 19.2 Å². The molecule has 0 radical (unpaired) electrons. The Morgan fingerprint density at radius 1 is 0.925 bits per heavy atom. The van der Waals surface area contributed by atoms with Crippen LogP contribution in [0.15, 0.2) is 36.4 Å².